The van der Waals surface area contributed by atoms with E-state index in [9.17, 15) is 4.79 Å². The summed E-state index contributed by atoms with van der Waals surface area (Å²) < 4.78 is 12.5. The highest BCUT2D eigenvalue weighted by atomic mass is 16.5. The minimum atomic E-state index is -0.0686. The van der Waals surface area contributed by atoms with Gasteiger partial charge in [-0.3, -0.25) is 9.48 Å². The average molecular weight is 310 g/mol. The molecule has 5 nitrogen and oxygen atoms in total. The summed E-state index contributed by atoms with van der Waals surface area (Å²) in [5, 5.41) is 4.94. The summed E-state index contributed by atoms with van der Waals surface area (Å²) in [7, 11) is 3.23. The van der Waals surface area contributed by atoms with Crippen LogP contribution >= 0.6 is 0 Å². The lowest BCUT2D eigenvalue weighted by Gasteiger charge is -2.14. The van der Waals surface area contributed by atoms with Crippen molar-refractivity contribution in [3.05, 3.63) is 63.9 Å². The first-order valence-corrected chi connectivity index (χ1v) is 7.30. The standard InChI is InChI=1S/C18H18N2O3/c1-12-8-17(22-2)18(23-3)9-13(12)11-20-15-7-5-4-6-14(15)16(21)10-19-20/h4-10H,11H2,1-3H3. The van der Waals surface area contributed by atoms with Crippen molar-refractivity contribution in [2.75, 3.05) is 14.2 Å². The fourth-order valence-electron chi connectivity index (χ4n) is 2.64. The summed E-state index contributed by atoms with van der Waals surface area (Å²) in [4.78, 5) is 11.9. The zero-order valence-electron chi connectivity index (χ0n) is 13.4. The minimum absolute atomic E-state index is 0.0686. The van der Waals surface area contributed by atoms with Crippen LogP contribution in [-0.2, 0) is 6.54 Å². The summed E-state index contributed by atoms with van der Waals surface area (Å²) >= 11 is 0. The van der Waals surface area contributed by atoms with Gasteiger partial charge in [0, 0.05) is 5.39 Å². The molecule has 0 amide bonds. The fraction of sp³-hybridized carbons (Fsp3) is 0.222. The molecule has 0 aliphatic rings. The van der Waals surface area contributed by atoms with Crippen molar-refractivity contribution >= 4 is 10.9 Å². The Morgan fingerprint density at radius 3 is 2.52 bits per heavy atom. The molecule has 1 heterocycles. The number of para-hydroxylation sites is 1. The van der Waals surface area contributed by atoms with Gasteiger partial charge in [-0.25, -0.2) is 0 Å². The SMILES string of the molecule is COc1cc(C)c(Cn2ncc(=O)c3ccccc32)cc1OC. The molecule has 0 atom stereocenters. The average Bonchev–Trinajstić information content (AvgIpc) is 2.58. The lowest BCUT2D eigenvalue weighted by atomic mass is 10.1. The van der Waals surface area contributed by atoms with Crippen LogP contribution in [0.1, 0.15) is 11.1 Å². The van der Waals surface area contributed by atoms with E-state index in [4.69, 9.17) is 9.47 Å². The highest BCUT2D eigenvalue weighted by molar-refractivity contribution is 5.78. The summed E-state index contributed by atoms with van der Waals surface area (Å²) in [5.41, 5.74) is 2.88. The summed E-state index contributed by atoms with van der Waals surface area (Å²) in [5.74, 6) is 1.38. The Hall–Kier alpha value is -2.82. The van der Waals surface area contributed by atoms with E-state index < -0.39 is 0 Å². The molecule has 0 radical (unpaired) electrons. The van der Waals surface area contributed by atoms with Gasteiger partial charge in [0.1, 0.15) is 0 Å². The summed E-state index contributed by atoms with van der Waals surface area (Å²) in [6.07, 6.45) is 1.36. The Morgan fingerprint density at radius 1 is 1.09 bits per heavy atom. The van der Waals surface area contributed by atoms with Crippen LogP contribution in [-0.4, -0.2) is 24.0 Å². The number of aromatic nitrogens is 2. The summed E-state index contributed by atoms with van der Waals surface area (Å²) in [6, 6.07) is 11.4. The minimum Gasteiger partial charge on any atom is -0.493 e. The lowest BCUT2D eigenvalue weighted by Crippen LogP contribution is -2.13. The van der Waals surface area contributed by atoms with Gasteiger partial charge in [0.25, 0.3) is 0 Å². The number of hydrogen-bond acceptors (Lipinski definition) is 4. The van der Waals surface area contributed by atoms with E-state index in [-0.39, 0.29) is 5.43 Å². The first kappa shape index (κ1) is 15.1. The van der Waals surface area contributed by atoms with Gasteiger partial charge in [-0.2, -0.15) is 5.10 Å². The number of nitrogens with zero attached hydrogens (tertiary/aromatic N) is 2. The van der Waals surface area contributed by atoms with Crippen LogP contribution in [0.4, 0.5) is 0 Å². The smallest absolute Gasteiger partial charge is 0.207 e. The van der Waals surface area contributed by atoms with Gasteiger partial charge in [-0.1, -0.05) is 12.1 Å². The predicted octanol–water partition coefficient (Wildman–Crippen LogP) is 2.77. The largest absolute Gasteiger partial charge is 0.493 e. The van der Waals surface area contributed by atoms with Gasteiger partial charge in [-0.05, 0) is 42.3 Å². The number of ether oxygens (including phenoxy) is 2. The number of methoxy groups -OCH3 is 2. The molecule has 0 aliphatic heterocycles. The highest BCUT2D eigenvalue weighted by Crippen LogP contribution is 2.30. The molecule has 0 bridgehead atoms. The second-order valence-corrected chi connectivity index (χ2v) is 5.32. The maximum absolute atomic E-state index is 11.9. The van der Waals surface area contributed by atoms with Gasteiger partial charge in [0.15, 0.2) is 11.5 Å². The van der Waals surface area contributed by atoms with Gasteiger partial charge < -0.3 is 9.47 Å². The van der Waals surface area contributed by atoms with Gasteiger partial charge in [0.2, 0.25) is 5.43 Å². The molecule has 0 N–H and O–H groups in total. The van der Waals surface area contributed by atoms with Crippen LogP contribution in [0.3, 0.4) is 0 Å². The monoisotopic (exact) mass is 310 g/mol. The topological polar surface area (TPSA) is 53.4 Å². The maximum atomic E-state index is 11.9. The normalized spacial score (nSPS) is 10.7. The van der Waals surface area contributed by atoms with Gasteiger partial charge in [-0.15, -0.1) is 0 Å². The van der Waals surface area contributed by atoms with Crippen molar-refractivity contribution in [2.24, 2.45) is 0 Å². The third kappa shape index (κ3) is 2.77. The molecule has 0 unspecified atom stereocenters. The molecule has 2 aromatic carbocycles. The second kappa shape index (κ2) is 6.12. The first-order chi connectivity index (χ1) is 11.1. The number of fused-ring (bicyclic) bond motifs is 1. The van der Waals surface area contributed by atoms with Crippen molar-refractivity contribution in [1.29, 1.82) is 0 Å². The van der Waals surface area contributed by atoms with Crippen LogP contribution in [0.25, 0.3) is 10.9 Å². The maximum Gasteiger partial charge on any atom is 0.207 e. The Bertz CT molecular complexity index is 916. The molecule has 0 aliphatic carbocycles. The fourth-order valence-corrected chi connectivity index (χ4v) is 2.64. The Morgan fingerprint density at radius 2 is 1.78 bits per heavy atom. The molecule has 0 saturated heterocycles. The van der Waals surface area contributed by atoms with Crippen LogP contribution in [0.2, 0.25) is 0 Å². The summed E-state index contributed by atoms with van der Waals surface area (Å²) in [6.45, 7) is 2.56. The third-order valence-corrected chi connectivity index (χ3v) is 3.92. The molecular weight excluding hydrogens is 292 g/mol. The van der Waals surface area contributed by atoms with Crippen molar-refractivity contribution in [2.45, 2.75) is 13.5 Å². The van der Waals surface area contributed by atoms with E-state index in [1.54, 1.807) is 14.2 Å². The van der Waals surface area contributed by atoms with E-state index in [1.807, 2.05) is 48.0 Å². The predicted molar refractivity (Wildman–Crippen MR) is 89.4 cm³/mol. The van der Waals surface area contributed by atoms with Crippen LogP contribution < -0.4 is 14.9 Å². The molecule has 3 aromatic rings. The Kier molecular flexibility index (Phi) is 4.02. The van der Waals surface area contributed by atoms with Crippen molar-refractivity contribution < 1.29 is 9.47 Å². The van der Waals surface area contributed by atoms with Crippen LogP contribution in [0.15, 0.2) is 47.4 Å². The molecule has 0 saturated carbocycles. The van der Waals surface area contributed by atoms with Crippen molar-refractivity contribution in [3.63, 3.8) is 0 Å². The molecule has 3 rings (SSSR count). The Balaban J connectivity index is 2.10. The van der Waals surface area contributed by atoms with Crippen LogP contribution in [0.5, 0.6) is 11.5 Å². The number of benzene rings is 2. The molecule has 118 valence electrons. The molecule has 1 aromatic heterocycles. The first-order valence-electron chi connectivity index (χ1n) is 7.30. The zero-order chi connectivity index (χ0) is 16.4. The highest BCUT2D eigenvalue weighted by Gasteiger charge is 2.11. The van der Waals surface area contributed by atoms with E-state index in [0.29, 0.717) is 23.4 Å². The second-order valence-electron chi connectivity index (χ2n) is 5.32. The van der Waals surface area contributed by atoms with Gasteiger partial charge >= 0.3 is 0 Å². The van der Waals surface area contributed by atoms with Crippen molar-refractivity contribution in [3.8, 4) is 11.5 Å². The van der Waals surface area contributed by atoms with Gasteiger partial charge in [0.05, 0.1) is 32.5 Å². The van der Waals surface area contributed by atoms with E-state index in [2.05, 4.69) is 5.10 Å². The molecule has 0 fully saturated rings. The number of rotatable bonds is 4. The zero-order valence-corrected chi connectivity index (χ0v) is 13.4. The van der Waals surface area contributed by atoms with Crippen molar-refractivity contribution in [1.82, 2.24) is 9.78 Å². The van der Waals surface area contributed by atoms with E-state index in [1.165, 1.54) is 6.20 Å². The van der Waals surface area contributed by atoms with Crippen LogP contribution in [0, 0.1) is 6.92 Å². The van der Waals surface area contributed by atoms with E-state index in [0.717, 1.165) is 16.6 Å². The Labute approximate surface area is 134 Å². The molecule has 23 heavy (non-hydrogen) atoms. The number of hydrogen-bond donors (Lipinski definition) is 0. The molecular formula is C18H18N2O3. The lowest BCUT2D eigenvalue weighted by molar-refractivity contribution is 0.354. The number of aryl methyl sites for hydroxylation is 1. The quantitative estimate of drug-likeness (QED) is 0.743. The molecule has 0 spiro atoms. The molecule has 5 heteroatoms. The third-order valence-electron chi connectivity index (χ3n) is 3.92. The van der Waals surface area contributed by atoms with E-state index >= 15 is 0 Å².